The number of nitrogens with zero attached hydrogens (tertiary/aromatic N) is 3. The van der Waals surface area contributed by atoms with Crippen LogP contribution in [-0.4, -0.2) is 40.4 Å². The minimum absolute atomic E-state index is 0.0566. The summed E-state index contributed by atoms with van der Waals surface area (Å²) in [6.07, 6.45) is 0. The number of ether oxygens (including phenoxy) is 1. The van der Waals surface area contributed by atoms with Crippen LogP contribution in [0.1, 0.15) is 11.5 Å². The van der Waals surface area contributed by atoms with Crippen LogP contribution in [0.25, 0.3) is 10.7 Å². The Morgan fingerprint density at radius 1 is 1.21 bits per heavy atom. The van der Waals surface area contributed by atoms with Gasteiger partial charge in [-0.15, -0.1) is 11.3 Å². The van der Waals surface area contributed by atoms with Crippen LogP contribution in [0, 0.1) is 0 Å². The zero-order valence-corrected chi connectivity index (χ0v) is 14.2. The van der Waals surface area contributed by atoms with Crippen molar-refractivity contribution >= 4 is 11.3 Å². The van der Waals surface area contributed by atoms with Gasteiger partial charge in [0.2, 0.25) is 11.7 Å². The lowest BCUT2D eigenvalue weighted by molar-refractivity contribution is 0.166. The number of aromatic nitrogens is 2. The van der Waals surface area contributed by atoms with Gasteiger partial charge in [-0.2, -0.15) is 4.98 Å². The maximum Gasteiger partial charge on any atom is 0.241 e. The molecule has 6 nitrogen and oxygen atoms in total. The van der Waals surface area contributed by atoms with Crippen LogP contribution in [0.5, 0.6) is 5.75 Å². The molecule has 24 heavy (non-hydrogen) atoms. The Labute approximate surface area is 144 Å². The number of hydrogen-bond acceptors (Lipinski definition) is 7. The first-order valence-electron chi connectivity index (χ1n) is 7.61. The molecule has 0 radical (unpaired) electrons. The highest BCUT2D eigenvalue weighted by atomic mass is 32.1. The minimum Gasteiger partial charge on any atom is -0.496 e. The van der Waals surface area contributed by atoms with Crippen molar-refractivity contribution in [1.29, 1.82) is 0 Å². The molecule has 0 saturated carbocycles. The third-order valence-electron chi connectivity index (χ3n) is 3.57. The van der Waals surface area contributed by atoms with E-state index in [9.17, 15) is 5.11 Å². The van der Waals surface area contributed by atoms with Crippen molar-refractivity contribution in [1.82, 2.24) is 15.0 Å². The number of rotatable bonds is 8. The minimum atomic E-state index is 0.0566. The van der Waals surface area contributed by atoms with Crippen molar-refractivity contribution in [3.63, 3.8) is 0 Å². The summed E-state index contributed by atoms with van der Waals surface area (Å²) in [5, 5.41) is 15.3. The lowest BCUT2D eigenvalue weighted by Gasteiger charge is -2.20. The Morgan fingerprint density at radius 2 is 2.08 bits per heavy atom. The second kappa shape index (κ2) is 8.05. The van der Waals surface area contributed by atoms with E-state index in [4.69, 9.17) is 9.26 Å². The average molecular weight is 345 g/mol. The van der Waals surface area contributed by atoms with Crippen LogP contribution in [0.15, 0.2) is 46.3 Å². The lowest BCUT2D eigenvalue weighted by Crippen LogP contribution is -2.26. The molecule has 2 aromatic heterocycles. The van der Waals surface area contributed by atoms with Gasteiger partial charge in [0.15, 0.2) is 0 Å². The van der Waals surface area contributed by atoms with Crippen LogP contribution in [0.2, 0.25) is 0 Å². The van der Waals surface area contributed by atoms with Crippen LogP contribution >= 0.6 is 11.3 Å². The molecule has 0 amide bonds. The molecule has 0 aliphatic heterocycles. The molecule has 0 atom stereocenters. The van der Waals surface area contributed by atoms with Gasteiger partial charge in [0.25, 0.3) is 0 Å². The van der Waals surface area contributed by atoms with Crippen molar-refractivity contribution in [2.45, 2.75) is 13.1 Å². The molecule has 0 aliphatic carbocycles. The van der Waals surface area contributed by atoms with Crippen LogP contribution in [0.4, 0.5) is 0 Å². The van der Waals surface area contributed by atoms with Gasteiger partial charge in [-0.05, 0) is 17.5 Å². The van der Waals surface area contributed by atoms with Crippen molar-refractivity contribution in [3.05, 3.63) is 53.2 Å². The highest BCUT2D eigenvalue weighted by Crippen LogP contribution is 2.23. The Kier molecular flexibility index (Phi) is 5.58. The fourth-order valence-electron chi connectivity index (χ4n) is 2.45. The van der Waals surface area contributed by atoms with E-state index >= 15 is 0 Å². The summed E-state index contributed by atoms with van der Waals surface area (Å²) in [5.41, 5.74) is 1.05. The molecule has 1 aromatic carbocycles. The summed E-state index contributed by atoms with van der Waals surface area (Å²) < 4.78 is 10.7. The second-order valence-electron chi connectivity index (χ2n) is 5.24. The van der Waals surface area contributed by atoms with E-state index < -0.39 is 0 Å². The number of methoxy groups -OCH3 is 1. The number of benzene rings is 1. The van der Waals surface area contributed by atoms with Crippen molar-refractivity contribution in [2.75, 3.05) is 20.3 Å². The molecule has 3 aromatic rings. The Bertz CT molecular complexity index is 758. The summed E-state index contributed by atoms with van der Waals surface area (Å²) >= 11 is 1.57. The smallest absolute Gasteiger partial charge is 0.241 e. The fraction of sp³-hybridized carbons (Fsp3) is 0.294. The first-order valence-corrected chi connectivity index (χ1v) is 8.49. The van der Waals surface area contributed by atoms with E-state index in [0.717, 1.165) is 16.2 Å². The number of hydrogen-bond donors (Lipinski definition) is 1. The Morgan fingerprint density at radius 3 is 2.83 bits per heavy atom. The van der Waals surface area contributed by atoms with Crippen molar-refractivity contribution in [3.8, 4) is 16.5 Å². The van der Waals surface area contributed by atoms with Crippen LogP contribution in [-0.2, 0) is 13.1 Å². The van der Waals surface area contributed by atoms with Gasteiger partial charge >= 0.3 is 0 Å². The monoisotopic (exact) mass is 345 g/mol. The Hall–Kier alpha value is -2.22. The van der Waals surface area contributed by atoms with Gasteiger partial charge in [-0.1, -0.05) is 29.4 Å². The molecule has 126 valence electrons. The van der Waals surface area contributed by atoms with Gasteiger partial charge in [-0.25, -0.2) is 0 Å². The molecule has 0 spiro atoms. The molecular formula is C17H19N3O3S. The van der Waals surface area contributed by atoms with E-state index in [1.165, 1.54) is 0 Å². The van der Waals surface area contributed by atoms with Crippen LogP contribution < -0.4 is 4.74 Å². The summed E-state index contributed by atoms with van der Waals surface area (Å²) in [7, 11) is 1.65. The van der Waals surface area contributed by atoms with Gasteiger partial charge in [0.05, 0.1) is 25.1 Å². The maximum absolute atomic E-state index is 9.34. The molecule has 7 heteroatoms. The highest BCUT2D eigenvalue weighted by Gasteiger charge is 2.15. The summed E-state index contributed by atoms with van der Waals surface area (Å²) in [6, 6.07) is 11.7. The van der Waals surface area contributed by atoms with Gasteiger partial charge in [0, 0.05) is 18.7 Å². The maximum atomic E-state index is 9.34. The van der Waals surface area contributed by atoms with E-state index in [0.29, 0.717) is 31.3 Å². The van der Waals surface area contributed by atoms with E-state index in [1.54, 1.807) is 18.4 Å². The predicted molar refractivity (Wildman–Crippen MR) is 91.8 cm³/mol. The average Bonchev–Trinajstić information content (AvgIpc) is 3.26. The fourth-order valence-corrected chi connectivity index (χ4v) is 3.10. The molecule has 3 rings (SSSR count). The molecule has 0 unspecified atom stereocenters. The topological polar surface area (TPSA) is 71.6 Å². The van der Waals surface area contributed by atoms with Gasteiger partial charge in [0.1, 0.15) is 5.75 Å². The first-order chi connectivity index (χ1) is 11.8. The van der Waals surface area contributed by atoms with E-state index in [2.05, 4.69) is 10.1 Å². The number of aliphatic hydroxyl groups is 1. The third-order valence-corrected chi connectivity index (χ3v) is 4.44. The zero-order valence-electron chi connectivity index (χ0n) is 13.4. The zero-order chi connectivity index (χ0) is 16.8. The SMILES string of the molecule is COc1ccccc1CN(CCO)Cc1nc(-c2cccs2)no1. The molecule has 0 aliphatic rings. The van der Waals surface area contributed by atoms with Crippen molar-refractivity contribution in [2.24, 2.45) is 0 Å². The highest BCUT2D eigenvalue weighted by molar-refractivity contribution is 7.13. The third kappa shape index (κ3) is 4.00. The largest absolute Gasteiger partial charge is 0.496 e. The standard InChI is InChI=1S/C17H19N3O3S/c1-22-14-6-3-2-5-13(14)11-20(8-9-21)12-16-18-17(19-23-16)15-7-4-10-24-15/h2-7,10,21H,8-9,11-12H2,1H3. The van der Waals surface area contributed by atoms with E-state index in [-0.39, 0.29) is 6.61 Å². The van der Waals surface area contributed by atoms with Crippen molar-refractivity contribution < 1.29 is 14.4 Å². The normalized spacial score (nSPS) is 11.1. The lowest BCUT2D eigenvalue weighted by atomic mass is 10.2. The van der Waals surface area contributed by atoms with Gasteiger partial charge < -0.3 is 14.4 Å². The van der Waals surface area contributed by atoms with Crippen LogP contribution in [0.3, 0.4) is 0 Å². The summed E-state index contributed by atoms with van der Waals surface area (Å²) in [4.78, 5) is 7.46. The number of thiophene rings is 1. The van der Waals surface area contributed by atoms with Gasteiger partial charge in [-0.3, -0.25) is 4.90 Å². The second-order valence-corrected chi connectivity index (χ2v) is 6.18. The predicted octanol–water partition coefficient (Wildman–Crippen LogP) is 2.80. The molecule has 2 heterocycles. The first kappa shape index (κ1) is 16.6. The summed E-state index contributed by atoms with van der Waals surface area (Å²) in [6.45, 7) is 1.66. The number of para-hydroxylation sites is 1. The molecule has 0 bridgehead atoms. The molecule has 1 N–H and O–H groups in total. The van der Waals surface area contributed by atoms with E-state index in [1.807, 2.05) is 46.7 Å². The quantitative estimate of drug-likeness (QED) is 0.677. The molecular weight excluding hydrogens is 326 g/mol. The number of aliphatic hydroxyl groups excluding tert-OH is 1. The molecule has 0 fully saturated rings. The Balaban J connectivity index is 1.72. The molecule has 0 saturated heterocycles. The summed E-state index contributed by atoms with van der Waals surface area (Å²) in [5.74, 6) is 1.95.